The molecule has 0 atom stereocenters. The molecule has 0 saturated carbocycles. The van der Waals surface area contributed by atoms with E-state index in [0.29, 0.717) is 12.5 Å². The van der Waals surface area contributed by atoms with Crippen molar-refractivity contribution < 1.29 is 9.53 Å². The lowest BCUT2D eigenvalue weighted by Gasteiger charge is -2.13. The molecule has 0 aliphatic rings. The van der Waals surface area contributed by atoms with Crippen molar-refractivity contribution in [2.24, 2.45) is 4.99 Å². The van der Waals surface area contributed by atoms with Crippen LogP contribution in [-0.2, 0) is 16.1 Å². The molecule has 1 heterocycles. The third-order valence-electron chi connectivity index (χ3n) is 3.20. The number of amides is 1. The van der Waals surface area contributed by atoms with Gasteiger partial charge in [-0.2, -0.15) is 0 Å². The summed E-state index contributed by atoms with van der Waals surface area (Å²) in [6, 6.07) is 4.10. The van der Waals surface area contributed by atoms with Crippen LogP contribution < -0.4 is 10.6 Å². The zero-order valence-corrected chi connectivity index (χ0v) is 16.0. The molecule has 1 aromatic rings. The Hall–Kier alpha value is -1.60. The van der Waals surface area contributed by atoms with Crippen molar-refractivity contribution in [2.75, 3.05) is 33.8 Å². The smallest absolute Gasteiger partial charge is 0.243 e. The van der Waals surface area contributed by atoms with Crippen LogP contribution in [0.5, 0.6) is 0 Å². The van der Waals surface area contributed by atoms with Gasteiger partial charge in [0.2, 0.25) is 5.91 Å². The Bertz CT molecular complexity index is 487. The Balaban J connectivity index is 2.38. The molecule has 24 heavy (non-hydrogen) atoms. The van der Waals surface area contributed by atoms with Crippen LogP contribution in [0.4, 0.5) is 0 Å². The lowest BCUT2D eigenvalue weighted by molar-refractivity contribution is -0.127. The summed E-state index contributed by atoms with van der Waals surface area (Å²) in [7, 11) is 3.47. The Morgan fingerprint density at radius 3 is 2.75 bits per heavy atom. The van der Waals surface area contributed by atoms with Crippen molar-refractivity contribution in [3.63, 3.8) is 0 Å². The van der Waals surface area contributed by atoms with E-state index in [4.69, 9.17) is 4.74 Å². The highest BCUT2D eigenvalue weighted by molar-refractivity contribution is 7.09. The second-order valence-corrected chi connectivity index (χ2v) is 6.97. The maximum atomic E-state index is 11.7. The number of aliphatic imine (C=N–C) groups is 1. The van der Waals surface area contributed by atoms with Gasteiger partial charge in [0.15, 0.2) is 5.96 Å². The highest BCUT2D eigenvalue weighted by atomic mass is 32.1. The van der Waals surface area contributed by atoms with Gasteiger partial charge >= 0.3 is 0 Å². The van der Waals surface area contributed by atoms with Gasteiger partial charge in [-0.25, -0.2) is 4.99 Å². The van der Waals surface area contributed by atoms with Crippen molar-refractivity contribution in [1.29, 1.82) is 0 Å². The summed E-state index contributed by atoms with van der Waals surface area (Å²) in [5.41, 5.74) is 0. The second kappa shape index (κ2) is 11.9. The topological polar surface area (TPSA) is 66.0 Å². The highest BCUT2D eigenvalue weighted by Gasteiger charge is 2.05. The van der Waals surface area contributed by atoms with Gasteiger partial charge in [0.05, 0.1) is 12.6 Å². The van der Waals surface area contributed by atoms with E-state index in [1.54, 1.807) is 30.3 Å². The summed E-state index contributed by atoms with van der Waals surface area (Å²) in [5.74, 6) is 0.654. The number of nitrogens with zero attached hydrogens (tertiary/aromatic N) is 2. The Kier molecular flexibility index (Phi) is 10.1. The Labute approximate surface area is 149 Å². The summed E-state index contributed by atoms with van der Waals surface area (Å²) >= 11 is 1.69. The number of likely N-dealkylation sites (N-methyl/N-ethyl adjacent to an activating group) is 1. The molecule has 136 valence electrons. The van der Waals surface area contributed by atoms with Gasteiger partial charge in [-0.3, -0.25) is 4.79 Å². The molecule has 0 aliphatic heterocycles. The molecular weight excluding hydrogens is 324 g/mol. The summed E-state index contributed by atoms with van der Waals surface area (Å²) in [6.07, 6.45) is 2.27. The summed E-state index contributed by atoms with van der Waals surface area (Å²) < 4.78 is 5.53. The molecule has 0 fully saturated rings. The van der Waals surface area contributed by atoms with E-state index >= 15 is 0 Å². The van der Waals surface area contributed by atoms with Crippen molar-refractivity contribution in [3.05, 3.63) is 22.4 Å². The van der Waals surface area contributed by atoms with Crippen LogP contribution in [0.3, 0.4) is 0 Å². The quantitative estimate of drug-likeness (QED) is 0.384. The van der Waals surface area contributed by atoms with Crippen LogP contribution in [0.2, 0.25) is 0 Å². The molecule has 6 nitrogen and oxygen atoms in total. The summed E-state index contributed by atoms with van der Waals surface area (Å²) in [6.45, 7) is 6.50. The number of hydrogen-bond donors (Lipinski definition) is 2. The van der Waals surface area contributed by atoms with Gasteiger partial charge in [-0.15, -0.1) is 11.3 Å². The number of carbonyl (C=O) groups is 1. The second-order valence-electron chi connectivity index (χ2n) is 5.94. The largest absolute Gasteiger partial charge is 0.379 e. The average Bonchev–Trinajstić information content (AvgIpc) is 3.05. The fourth-order valence-electron chi connectivity index (χ4n) is 1.80. The maximum Gasteiger partial charge on any atom is 0.243 e. The lowest BCUT2D eigenvalue weighted by Crippen LogP contribution is -2.38. The third-order valence-corrected chi connectivity index (χ3v) is 4.07. The van der Waals surface area contributed by atoms with Crippen molar-refractivity contribution in [2.45, 2.75) is 39.3 Å². The Morgan fingerprint density at radius 2 is 2.12 bits per heavy atom. The van der Waals surface area contributed by atoms with Gasteiger partial charge in [-0.1, -0.05) is 6.07 Å². The minimum atomic E-state index is -0.0162. The van der Waals surface area contributed by atoms with Crippen LogP contribution in [0.15, 0.2) is 22.5 Å². The van der Waals surface area contributed by atoms with Crippen LogP contribution in [0.1, 0.15) is 31.6 Å². The molecule has 0 unspecified atom stereocenters. The molecular formula is C17H30N4O2S. The first kappa shape index (κ1) is 20.4. The highest BCUT2D eigenvalue weighted by Crippen LogP contribution is 2.07. The fourth-order valence-corrected chi connectivity index (χ4v) is 2.44. The zero-order chi connectivity index (χ0) is 17.8. The number of hydrogen-bond acceptors (Lipinski definition) is 4. The standard InChI is InChI=1S/C17H30N4O2S/c1-14(2)23-10-6-5-9-18-17(20-13-16(22)21(3)4)19-12-15-8-7-11-24-15/h7-8,11,14H,5-6,9-10,12-13H2,1-4H3,(H2,18,19,20). The van der Waals surface area contributed by atoms with E-state index in [9.17, 15) is 4.79 Å². The van der Waals surface area contributed by atoms with Gasteiger partial charge in [0.25, 0.3) is 0 Å². The monoisotopic (exact) mass is 354 g/mol. The van der Waals surface area contributed by atoms with Gasteiger partial charge < -0.3 is 20.3 Å². The molecule has 7 heteroatoms. The first-order valence-electron chi connectivity index (χ1n) is 8.35. The maximum absolute atomic E-state index is 11.7. The number of thiophene rings is 1. The van der Waals surface area contributed by atoms with Gasteiger partial charge in [-0.05, 0) is 38.1 Å². The van der Waals surface area contributed by atoms with Crippen molar-refractivity contribution in [1.82, 2.24) is 15.5 Å². The van der Waals surface area contributed by atoms with E-state index in [1.807, 2.05) is 25.3 Å². The van der Waals surface area contributed by atoms with Crippen molar-refractivity contribution in [3.8, 4) is 0 Å². The minimum absolute atomic E-state index is 0.0162. The molecule has 0 bridgehead atoms. The van der Waals surface area contributed by atoms with E-state index in [-0.39, 0.29) is 18.6 Å². The molecule has 0 saturated heterocycles. The molecule has 1 aromatic heterocycles. The van der Waals surface area contributed by atoms with E-state index in [0.717, 1.165) is 26.0 Å². The molecule has 0 spiro atoms. The number of unbranched alkanes of at least 4 members (excludes halogenated alkanes) is 1. The normalized spacial score (nSPS) is 11.6. The lowest BCUT2D eigenvalue weighted by atomic mass is 10.3. The number of nitrogens with one attached hydrogen (secondary N) is 2. The predicted molar refractivity (Wildman–Crippen MR) is 100 cm³/mol. The average molecular weight is 355 g/mol. The molecule has 2 N–H and O–H groups in total. The van der Waals surface area contributed by atoms with Gasteiger partial charge in [0.1, 0.15) is 6.54 Å². The number of ether oxygens (including phenoxy) is 1. The van der Waals surface area contributed by atoms with Gasteiger partial charge in [0, 0.05) is 32.1 Å². The third kappa shape index (κ3) is 9.52. The van der Waals surface area contributed by atoms with Crippen LogP contribution in [-0.4, -0.2) is 56.7 Å². The van der Waals surface area contributed by atoms with Crippen LogP contribution >= 0.6 is 11.3 Å². The molecule has 1 amide bonds. The molecule has 0 aromatic carbocycles. The fraction of sp³-hybridized carbons (Fsp3) is 0.647. The Morgan fingerprint density at radius 1 is 1.33 bits per heavy atom. The summed E-state index contributed by atoms with van der Waals surface area (Å²) in [5, 5.41) is 8.60. The van der Waals surface area contributed by atoms with E-state index in [2.05, 4.69) is 21.7 Å². The molecule has 1 rings (SSSR count). The number of guanidine groups is 1. The molecule has 0 aliphatic carbocycles. The summed E-state index contributed by atoms with van der Waals surface area (Å²) in [4.78, 5) is 18.9. The number of rotatable bonds is 10. The SMILES string of the molecule is CC(C)OCCCCNC(=NCC(=O)N(C)C)NCc1cccs1. The van der Waals surface area contributed by atoms with Crippen LogP contribution in [0, 0.1) is 0 Å². The van der Waals surface area contributed by atoms with E-state index < -0.39 is 0 Å². The molecule has 0 radical (unpaired) electrons. The first-order chi connectivity index (χ1) is 11.5. The predicted octanol–water partition coefficient (Wildman–Crippen LogP) is 2.08. The zero-order valence-electron chi connectivity index (χ0n) is 15.2. The first-order valence-corrected chi connectivity index (χ1v) is 9.23. The minimum Gasteiger partial charge on any atom is -0.379 e. The van der Waals surface area contributed by atoms with Crippen LogP contribution in [0.25, 0.3) is 0 Å². The van der Waals surface area contributed by atoms with E-state index in [1.165, 1.54) is 4.88 Å². The number of carbonyl (C=O) groups excluding carboxylic acids is 1. The van der Waals surface area contributed by atoms with Crippen molar-refractivity contribution >= 4 is 23.2 Å².